The first-order valence-electron chi connectivity index (χ1n) is 9.83. The fourth-order valence-corrected chi connectivity index (χ4v) is 3.03. The van der Waals surface area contributed by atoms with E-state index in [1.807, 2.05) is 50.2 Å². The first kappa shape index (κ1) is 22.5. The Hall–Kier alpha value is -2.83. The van der Waals surface area contributed by atoms with Crippen LogP contribution >= 0.6 is 0 Å². The summed E-state index contributed by atoms with van der Waals surface area (Å²) in [7, 11) is 1.68. The number of carbonyl (C=O) groups excluding carboxylic acids is 1. The van der Waals surface area contributed by atoms with Crippen molar-refractivity contribution in [2.45, 2.75) is 46.6 Å². The molecule has 2 aromatic carbocycles. The number of hydrogen-bond acceptors (Lipinski definition) is 6. The number of anilines is 1. The van der Waals surface area contributed by atoms with Crippen molar-refractivity contribution in [2.24, 2.45) is 11.7 Å². The van der Waals surface area contributed by atoms with Crippen molar-refractivity contribution in [2.75, 3.05) is 12.1 Å². The van der Waals surface area contributed by atoms with Gasteiger partial charge in [0.2, 0.25) is 0 Å². The maximum absolute atomic E-state index is 12.2. The number of hydrazine groups is 2. The van der Waals surface area contributed by atoms with Crippen LogP contribution in [0.25, 0.3) is 0 Å². The zero-order chi connectivity index (χ0) is 21.6. The summed E-state index contributed by atoms with van der Waals surface area (Å²) in [6.45, 7) is 10.3. The molecule has 2 rings (SSSR count). The summed E-state index contributed by atoms with van der Waals surface area (Å²) in [4.78, 5) is 12.2. The number of ketones is 1. The summed E-state index contributed by atoms with van der Waals surface area (Å²) in [6.07, 6.45) is 2.49. The third-order valence-corrected chi connectivity index (χ3v) is 4.96. The summed E-state index contributed by atoms with van der Waals surface area (Å²) in [5, 5.41) is 2.82. The quantitative estimate of drug-likeness (QED) is 0.355. The van der Waals surface area contributed by atoms with Gasteiger partial charge < -0.3 is 4.74 Å². The van der Waals surface area contributed by atoms with Crippen LogP contribution in [0.15, 0.2) is 48.8 Å². The highest BCUT2D eigenvalue weighted by molar-refractivity contribution is 5.96. The van der Waals surface area contributed by atoms with Gasteiger partial charge in [-0.1, -0.05) is 32.1 Å². The minimum Gasteiger partial charge on any atom is -0.489 e. The van der Waals surface area contributed by atoms with Crippen molar-refractivity contribution < 1.29 is 9.53 Å². The van der Waals surface area contributed by atoms with Crippen LogP contribution in [0, 0.1) is 13.8 Å². The minimum absolute atomic E-state index is 0.172. The molecule has 0 bridgehead atoms. The molecular weight excluding hydrogens is 364 g/mol. The molecule has 0 saturated heterocycles. The highest BCUT2D eigenvalue weighted by atomic mass is 16.5. The summed E-state index contributed by atoms with van der Waals surface area (Å²) in [5.41, 5.74) is 4.43. The molecule has 6 nitrogen and oxygen atoms in total. The van der Waals surface area contributed by atoms with E-state index in [0.29, 0.717) is 18.8 Å². The Bertz CT molecular complexity index is 877. The van der Waals surface area contributed by atoms with Gasteiger partial charge in [0.1, 0.15) is 18.2 Å². The van der Waals surface area contributed by atoms with Crippen molar-refractivity contribution in [3.05, 3.63) is 71.1 Å². The van der Waals surface area contributed by atoms with Crippen LogP contribution in [-0.4, -0.2) is 17.8 Å². The van der Waals surface area contributed by atoms with Crippen LogP contribution in [0.4, 0.5) is 5.69 Å². The molecule has 0 atom stereocenters. The number of aryl methyl sites for hydroxylation is 2. The molecule has 0 unspecified atom stereocenters. The van der Waals surface area contributed by atoms with E-state index >= 15 is 0 Å². The Morgan fingerprint density at radius 3 is 2.48 bits per heavy atom. The number of nitrogens with zero attached hydrogens (tertiary/aromatic N) is 2. The second kappa shape index (κ2) is 10.1. The second-order valence-corrected chi connectivity index (χ2v) is 7.27. The van der Waals surface area contributed by atoms with E-state index in [4.69, 9.17) is 16.4 Å². The Balaban J connectivity index is 2.20. The van der Waals surface area contributed by atoms with Gasteiger partial charge in [0.25, 0.3) is 0 Å². The third kappa shape index (κ3) is 5.59. The van der Waals surface area contributed by atoms with Crippen molar-refractivity contribution in [3.8, 4) is 5.75 Å². The Morgan fingerprint density at radius 1 is 1.14 bits per heavy atom. The van der Waals surface area contributed by atoms with Gasteiger partial charge in [0.15, 0.2) is 5.78 Å². The Kier molecular flexibility index (Phi) is 7.82. The first-order valence-corrected chi connectivity index (χ1v) is 9.83. The van der Waals surface area contributed by atoms with Crippen LogP contribution in [0.1, 0.15) is 53.2 Å². The lowest BCUT2D eigenvalue weighted by atomic mass is 10.0. The van der Waals surface area contributed by atoms with Gasteiger partial charge >= 0.3 is 0 Å². The van der Waals surface area contributed by atoms with E-state index in [1.54, 1.807) is 7.05 Å². The molecule has 0 heterocycles. The largest absolute Gasteiger partial charge is 0.489 e. The van der Waals surface area contributed by atoms with Crippen LogP contribution in [0.2, 0.25) is 0 Å². The lowest BCUT2D eigenvalue weighted by Gasteiger charge is -2.28. The topological polar surface area (TPSA) is 84.8 Å². The molecule has 0 amide bonds. The number of ether oxygens (including phenoxy) is 1. The Morgan fingerprint density at radius 2 is 1.86 bits per heavy atom. The molecule has 0 aliphatic heterocycles. The Labute approximate surface area is 173 Å². The predicted octanol–water partition coefficient (Wildman–Crippen LogP) is 4.21. The summed E-state index contributed by atoms with van der Waals surface area (Å²) >= 11 is 0. The minimum atomic E-state index is 0.172. The first-order chi connectivity index (χ1) is 13.8. The van der Waals surface area contributed by atoms with Crippen molar-refractivity contribution in [1.82, 2.24) is 5.01 Å². The van der Waals surface area contributed by atoms with Crippen molar-refractivity contribution in [3.63, 3.8) is 0 Å². The number of unbranched alkanes of at least 4 members (excludes halogenated alkanes) is 1. The average molecular weight is 397 g/mol. The smallest absolute Gasteiger partial charge is 0.162 e. The molecule has 29 heavy (non-hydrogen) atoms. The van der Waals surface area contributed by atoms with Crippen molar-refractivity contribution in [1.29, 1.82) is 0 Å². The van der Waals surface area contributed by atoms with Gasteiger partial charge in [-0.15, -0.1) is 0 Å². The van der Waals surface area contributed by atoms with E-state index in [-0.39, 0.29) is 5.78 Å². The van der Waals surface area contributed by atoms with Gasteiger partial charge in [-0.2, -0.15) is 0 Å². The molecule has 0 spiro atoms. The number of benzene rings is 2. The normalized spacial score (nSPS) is 10.6. The highest BCUT2D eigenvalue weighted by Crippen LogP contribution is 2.27. The molecule has 0 aromatic heterocycles. The van der Waals surface area contributed by atoms with Gasteiger partial charge in [0.05, 0.1) is 5.69 Å². The van der Waals surface area contributed by atoms with E-state index in [9.17, 15) is 4.79 Å². The maximum atomic E-state index is 12.2. The van der Waals surface area contributed by atoms with Gasteiger partial charge in [-0.05, 0) is 55.7 Å². The molecule has 0 aliphatic carbocycles. The molecule has 0 saturated carbocycles. The van der Waals surface area contributed by atoms with Crippen molar-refractivity contribution >= 4 is 11.5 Å². The van der Waals surface area contributed by atoms with E-state index in [0.717, 1.165) is 46.5 Å². The number of nitrogens with two attached hydrogens (primary N) is 2. The molecule has 156 valence electrons. The summed E-state index contributed by atoms with van der Waals surface area (Å²) < 4.78 is 6.08. The van der Waals surface area contributed by atoms with Crippen LogP contribution in [0.5, 0.6) is 5.75 Å². The number of hydrogen-bond donors (Lipinski definition) is 2. The molecule has 4 N–H and O–H groups in total. The second-order valence-electron chi connectivity index (χ2n) is 7.27. The predicted molar refractivity (Wildman–Crippen MR) is 118 cm³/mol. The number of rotatable bonds is 10. The molecule has 0 fully saturated rings. The molecular formula is C23H32N4O2. The lowest BCUT2D eigenvalue weighted by molar-refractivity contribution is 0.0979. The summed E-state index contributed by atoms with van der Waals surface area (Å²) in [5.74, 6) is 13.4. The fourth-order valence-electron chi connectivity index (χ4n) is 3.03. The van der Waals surface area contributed by atoms with E-state index < -0.39 is 0 Å². The zero-order valence-corrected chi connectivity index (χ0v) is 17.9. The molecule has 2 aromatic rings. The third-order valence-electron chi connectivity index (χ3n) is 4.96. The highest BCUT2D eigenvalue weighted by Gasteiger charge is 2.16. The maximum Gasteiger partial charge on any atom is 0.162 e. The molecule has 0 aliphatic rings. The standard InChI is InChI=1S/C23H32N4O2/c1-6-7-11-22(28)19-12-13-23(17(3)14-19)29-15-20-16(2)9-8-10-21(20)27(25)18(4)26(5)24/h8-10,12-14H,4,6-7,11,15,24-25H2,1-3,5H3. The van der Waals surface area contributed by atoms with E-state index in [1.165, 1.54) is 10.0 Å². The molecule has 6 heteroatoms. The zero-order valence-electron chi connectivity index (χ0n) is 17.9. The number of carbonyl (C=O) groups is 1. The van der Waals surface area contributed by atoms with E-state index in [2.05, 4.69) is 13.5 Å². The van der Waals surface area contributed by atoms with Crippen LogP contribution < -0.4 is 21.4 Å². The fraction of sp³-hybridized carbons (Fsp3) is 0.348. The monoisotopic (exact) mass is 396 g/mol. The van der Waals surface area contributed by atoms with Crippen LogP contribution in [-0.2, 0) is 6.61 Å². The average Bonchev–Trinajstić information content (AvgIpc) is 2.70. The van der Waals surface area contributed by atoms with Gasteiger partial charge in [-0.25, -0.2) is 11.7 Å². The lowest BCUT2D eigenvalue weighted by Crippen LogP contribution is -2.41. The van der Waals surface area contributed by atoms with Crippen LogP contribution in [0.3, 0.4) is 0 Å². The van der Waals surface area contributed by atoms with Gasteiger partial charge in [0, 0.05) is 24.6 Å². The summed E-state index contributed by atoms with van der Waals surface area (Å²) in [6, 6.07) is 11.4. The molecule has 0 radical (unpaired) electrons. The SMILES string of the molecule is C=C(N(C)N)N(N)c1cccc(C)c1COc1ccc(C(=O)CCCC)cc1C. The number of Topliss-reactive ketones (excluding diaryl/α,β-unsaturated/α-hetero) is 1. The van der Waals surface area contributed by atoms with Gasteiger partial charge in [-0.3, -0.25) is 14.8 Å².